The average molecular weight is 218 g/mol. The lowest BCUT2D eigenvalue weighted by Gasteiger charge is -2.35. The van der Waals surface area contributed by atoms with Gasteiger partial charge < -0.3 is 10.4 Å². The van der Waals surface area contributed by atoms with Crippen LogP contribution >= 0.6 is 0 Å². The number of hydrogen-bond donors (Lipinski definition) is 2. The molecule has 0 spiro atoms. The van der Waals surface area contributed by atoms with Gasteiger partial charge in [-0.15, -0.1) is 0 Å². The van der Waals surface area contributed by atoms with Crippen LogP contribution in [0.4, 0.5) is 0 Å². The number of phenolic OH excluding ortho intramolecular Hbond substituents is 1. The fraction of sp³-hybridized carbons (Fsp3) is 0.417. The van der Waals surface area contributed by atoms with Crippen molar-refractivity contribution in [3.05, 3.63) is 29.3 Å². The van der Waals surface area contributed by atoms with Crippen molar-refractivity contribution < 1.29 is 9.90 Å². The van der Waals surface area contributed by atoms with E-state index < -0.39 is 0 Å². The van der Waals surface area contributed by atoms with Gasteiger partial charge in [0, 0.05) is 19.0 Å². The predicted molar refractivity (Wildman–Crippen MR) is 58.9 cm³/mol. The highest BCUT2D eigenvalue weighted by atomic mass is 16.3. The molecule has 2 aliphatic heterocycles. The van der Waals surface area contributed by atoms with Crippen LogP contribution in [0.1, 0.15) is 23.6 Å². The maximum atomic E-state index is 11.4. The third-order valence-electron chi connectivity index (χ3n) is 3.54. The zero-order chi connectivity index (χ0) is 11.3. The molecule has 4 heteroatoms. The highest BCUT2D eigenvalue weighted by Gasteiger charge is 2.40. The van der Waals surface area contributed by atoms with Gasteiger partial charge in [-0.3, -0.25) is 9.69 Å². The van der Waals surface area contributed by atoms with Gasteiger partial charge in [-0.1, -0.05) is 6.07 Å². The molecule has 1 amide bonds. The molecule has 2 aliphatic rings. The molecule has 0 unspecified atom stereocenters. The van der Waals surface area contributed by atoms with Gasteiger partial charge in [0.05, 0.1) is 6.04 Å². The van der Waals surface area contributed by atoms with Gasteiger partial charge in [0.25, 0.3) is 0 Å². The standard InChI is InChI=1S/C12H14N2O2/c1-14-6-7-4-8(15)2-3-9(7)12-10(14)5-11(16)13-12/h2-4,10,12,15H,5-6H2,1H3,(H,13,16)/t10-,12-/m1/s1. The number of carbonyl (C=O) groups excluding carboxylic acids is 1. The first kappa shape index (κ1) is 9.66. The number of aromatic hydroxyl groups is 1. The molecule has 1 fully saturated rings. The fourth-order valence-corrected chi connectivity index (χ4v) is 2.75. The van der Waals surface area contributed by atoms with Crippen molar-refractivity contribution in [2.75, 3.05) is 7.05 Å². The summed E-state index contributed by atoms with van der Waals surface area (Å²) >= 11 is 0. The summed E-state index contributed by atoms with van der Waals surface area (Å²) in [7, 11) is 2.02. The number of hydrogen-bond acceptors (Lipinski definition) is 3. The van der Waals surface area contributed by atoms with Crippen molar-refractivity contribution in [2.24, 2.45) is 0 Å². The Balaban J connectivity index is 2.08. The molecule has 0 bridgehead atoms. The maximum Gasteiger partial charge on any atom is 0.222 e. The maximum absolute atomic E-state index is 11.4. The van der Waals surface area contributed by atoms with Gasteiger partial charge in [-0.25, -0.2) is 0 Å². The number of benzene rings is 1. The summed E-state index contributed by atoms with van der Waals surface area (Å²) in [6.45, 7) is 0.792. The van der Waals surface area contributed by atoms with Crippen LogP contribution in [0, 0.1) is 0 Å². The van der Waals surface area contributed by atoms with E-state index in [0.29, 0.717) is 6.42 Å². The van der Waals surface area contributed by atoms with E-state index in [0.717, 1.165) is 17.7 Å². The number of rotatable bonds is 0. The normalized spacial score (nSPS) is 28.4. The Hall–Kier alpha value is -1.55. The smallest absolute Gasteiger partial charge is 0.222 e. The van der Waals surface area contributed by atoms with Crippen molar-refractivity contribution in [3.8, 4) is 5.75 Å². The summed E-state index contributed by atoms with van der Waals surface area (Å²) in [5.41, 5.74) is 2.25. The summed E-state index contributed by atoms with van der Waals surface area (Å²) in [4.78, 5) is 13.6. The quantitative estimate of drug-likeness (QED) is 0.676. The van der Waals surface area contributed by atoms with Crippen molar-refractivity contribution in [3.63, 3.8) is 0 Å². The molecular weight excluding hydrogens is 204 g/mol. The Morgan fingerprint density at radius 2 is 2.31 bits per heavy atom. The minimum atomic E-state index is 0.0850. The second kappa shape index (κ2) is 3.22. The largest absolute Gasteiger partial charge is 0.508 e. The Kier molecular flexibility index (Phi) is 1.94. The molecule has 2 N–H and O–H groups in total. The second-order valence-electron chi connectivity index (χ2n) is 4.61. The van der Waals surface area contributed by atoms with Crippen LogP contribution in [0.2, 0.25) is 0 Å². The van der Waals surface area contributed by atoms with Gasteiger partial charge >= 0.3 is 0 Å². The fourth-order valence-electron chi connectivity index (χ4n) is 2.75. The SMILES string of the molecule is CN1Cc2cc(O)ccc2[C@H]2NC(=O)C[C@H]21. The van der Waals surface area contributed by atoms with Crippen LogP contribution < -0.4 is 5.32 Å². The molecule has 2 heterocycles. The van der Waals surface area contributed by atoms with Crippen LogP contribution in [-0.2, 0) is 11.3 Å². The second-order valence-corrected chi connectivity index (χ2v) is 4.61. The summed E-state index contributed by atoms with van der Waals surface area (Å²) < 4.78 is 0. The van der Waals surface area contributed by atoms with E-state index in [1.54, 1.807) is 12.1 Å². The zero-order valence-electron chi connectivity index (χ0n) is 9.10. The molecule has 3 rings (SSSR count). The van der Waals surface area contributed by atoms with E-state index in [2.05, 4.69) is 10.2 Å². The first-order valence-corrected chi connectivity index (χ1v) is 5.46. The number of carbonyl (C=O) groups is 1. The molecule has 4 nitrogen and oxygen atoms in total. The lowest BCUT2D eigenvalue weighted by molar-refractivity contribution is -0.119. The number of phenols is 1. The minimum Gasteiger partial charge on any atom is -0.508 e. The molecule has 0 saturated carbocycles. The first-order valence-electron chi connectivity index (χ1n) is 5.46. The van der Waals surface area contributed by atoms with E-state index in [4.69, 9.17) is 0 Å². The Morgan fingerprint density at radius 1 is 1.50 bits per heavy atom. The molecule has 1 aromatic carbocycles. The summed E-state index contributed by atoms with van der Waals surface area (Å²) in [5.74, 6) is 0.401. The van der Waals surface area contributed by atoms with E-state index in [9.17, 15) is 9.90 Å². The van der Waals surface area contributed by atoms with Gasteiger partial charge in [-0.05, 0) is 30.3 Å². The third-order valence-corrected chi connectivity index (χ3v) is 3.54. The van der Waals surface area contributed by atoms with Crippen LogP contribution in [0.15, 0.2) is 18.2 Å². The average Bonchev–Trinajstić information content (AvgIpc) is 2.60. The molecule has 1 saturated heterocycles. The van der Waals surface area contributed by atoms with Crippen LogP contribution in [0.3, 0.4) is 0 Å². The zero-order valence-corrected chi connectivity index (χ0v) is 9.10. The van der Waals surface area contributed by atoms with Crippen LogP contribution in [0.25, 0.3) is 0 Å². The van der Waals surface area contributed by atoms with Crippen LogP contribution in [0.5, 0.6) is 5.75 Å². The molecule has 0 aliphatic carbocycles. The molecule has 0 radical (unpaired) electrons. The summed E-state index contributed by atoms with van der Waals surface area (Å²) in [5, 5.41) is 12.5. The number of nitrogens with zero attached hydrogens (tertiary/aromatic N) is 1. The van der Waals surface area contributed by atoms with Gasteiger partial charge in [0.2, 0.25) is 5.91 Å². The van der Waals surface area contributed by atoms with Crippen molar-refractivity contribution in [1.82, 2.24) is 10.2 Å². The number of nitrogens with one attached hydrogen (secondary N) is 1. The van der Waals surface area contributed by atoms with Crippen molar-refractivity contribution in [2.45, 2.75) is 25.0 Å². The third kappa shape index (κ3) is 1.30. The van der Waals surface area contributed by atoms with Crippen molar-refractivity contribution >= 4 is 5.91 Å². The van der Waals surface area contributed by atoms with Crippen LogP contribution in [-0.4, -0.2) is 29.0 Å². The Bertz CT molecular complexity index is 458. The topological polar surface area (TPSA) is 52.6 Å². The predicted octanol–water partition coefficient (Wildman–Crippen LogP) is 0.767. The number of likely N-dealkylation sites (N-methyl/N-ethyl adjacent to an activating group) is 1. The number of amides is 1. The van der Waals surface area contributed by atoms with Gasteiger partial charge in [0.15, 0.2) is 0 Å². The monoisotopic (exact) mass is 218 g/mol. The molecule has 0 aromatic heterocycles. The highest BCUT2D eigenvalue weighted by Crippen LogP contribution is 2.36. The Labute approximate surface area is 93.9 Å². The van der Waals surface area contributed by atoms with E-state index in [1.807, 2.05) is 13.1 Å². The van der Waals surface area contributed by atoms with Gasteiger partial charge in [0.1, 0.15) is 5.75 Å². The summed E-state index contributed by atoms with van der Waals surface area (Å²) in [6.07, 6.45) is 0.571. The van der Waals surface area contributed by atoms with Crippen molar-refractivity contribution in [1.29, 1.82) is 0 Å². The molecule has 1 aromatic rings. The molecule has 2 atom stereocenters. The Morgan fingerprint density at radius 3 is 3.12 bits per heavy atom. The van der Waals surface area contributed by atoms with E-state index in [-0.39, 0.29) is 23.7 Å². The lowest BCUT2D eigenvalue weighted by atomic mass is 9.90. The highest BCUT2D eigenvalue weighted by molar-refractivity contribution is 5.80. The van der Waals surface area contributed by atoms with Gasteiger partial charge in [-0.2, -0.15) is 0 Å². The first-order chi connectivity index (χ1) is 7.65. The number of fused-ring (bicyclic) bond motifs is 3. The molecule has 84 valence electrons. The molecule has 16 heavy (non-hydrogen) atoms. The van der Waals surface area contributed by atoms with E-state index in [1.165, 1.54) is 0 Å². The minimum absolute atomic E-state index is 0.0850. The summed E-state index contributed by atoms with van der Waals surface area (Å²) in [6, 6.07) is 5.73. The van der Waals surface area contributed by atoms with E-state index >= 15 is 0 Å². The lowest BCUT2D eigenvalue weighted by Crippen LogP contribution is -2.40. The molecular formula is C12H14N2O2.